The second kappa shape index (κ2) is 12.4. The summed E-state index contributed by atoms with van der Waals surface area (Å²) in [4.78, 5) is 30.0. The summed E-state index contributed by atoms with van der Waals surface area (Å²) in [5.74, 6) is -2.64. The molecule has 2 saturated carbocycles. The summed E-state index contributed by atoms with van der Waals surface area (Å²) in [7, 11) is 0. The lowest BCUT2D eigenvalue weighted by molar-refractivity contribution is -0.122. The molecule has 0 spiro atoms. The molecule has 42 heavy (non-hydrogen) atoms. The Morgan fingerprint density at radius 2 is 1.86 bits per heavy atom. The number of halogens is 4. The molecule has 3 aromatic rings. The van der Waals surface area contributed by atoms with Gasteiger partial charge in [0.1, 0.15) is 11.6 Å². The lowest BCUT2D eigenvalue weighted by Gasteiger charge is -2.20. The maximum atomic E-state index is 14.7. The van der Waals surface area contributed by atoms with Crippen LogP contribution in [0.2, 0.25) is 0 Å². The fraction of sp³-hybridized carbons (Fsp3) is 0.414. The van der Waals surface area contributed by atoms with Crippen molar-refractivity contribution in [3.05, 3.63) is 65.1 Å². The van der Waals surface area contributed by atoms with Crippen LogP contribution in [0.15, 0.2) is 40.8 Å². The quantitative estimate of drug-likeness (QED) is 0.238. The molecule has 2 atom stereocenters. The number of hydrogen-bond acceptors (Lipinski definition) is 7. The van der Waals surface area contributed by atoms with Crippen molar-refractivity contribution >= 4 is 11.8 Å². The SMILES string of the molecule is C[C@H](N)c1oc(-c2ccc(OC(F)F)c(OCC3CC3)c2)nc1C(=O)NC(CNC(=O)C1CC1)c1ccc(F)cc1F. The van der Waals surface area contributed by atoms with Gasteiger partial charge in [-0.3, -0.25) is 9.59 Å². The Labute approximate surface area is 238 Å². The van der Waals surface area contributed by atoms with Crippen LogP contribution in [-0.2, 0) is 4.79 Å². The molecule has 4 N–H and O–H groups in total. The van der Waals surface area contributed by atoms with E-state index in [2.05, 4.69) is 20.4 Å². The smallest absolute Gasteiger partial charge is 0.387 e. The predicted molar refractivity (Wildman–Crippen MR) is 142 cm³/mol. The maximum Gasteiger partial charge on any atom is 0.387 e. The van der Waals surface area contributed by atoms with Crippen LogP contribution < -0.4 is 25.8 Å². The molecule has 0 saturated heterocycles. The number of carbonyl (C=O) groups excluding carboxylic acids is 2. The first-order chi connectivity index (χ1) is 20.1. The van der Waals surface area contributed by atoms with Crippen LogP contribution in [-0.4, -0.2) is 36.6 Å². The molecule has 0 aliphatic heterocycles. The predicted octanol–water partition coefficient (Wildman–Crippen LogP) is 5.03. The van der Waals surface area contributed by atoms with Crippen LogP contribution in [0.25, 0.3) is 11.5 Å². The van der Waals surface area contributed by atoms with Crippen molar-refractivity contribution in [2.24, 2.45) is 17.6 Å². The van der Waals surface area contributed by atoms with E-state index in [0.29, 0.717) is 24.2 Å². The topological polar surface area (TPSA) is 129 Å². The zero-order chi connectivity index (χ0) is 30.0. The molecule has 9 nitrogen and oxygen atoms in total. The van der Waals surface area contributed by atoms with Gasteiger partial charge >= 0.3 is 6.61 Å². The summed E-state index contributed by atoms with van der Waals surface area (Å²) in [5.41, 5.74) is 6.13. The Morgan fingerprint density at radius 3 is 2.50 bits per heavy atom. The Balaban J connectivity index is 1.42. The first-order valence-corrected chi connectivity index (χ1v) is 13.6. The van der Waals surface area contributed by atoms with Gasteiger partial charge in [0.05, 0.1) is 18.7 Å². The number of hydrogen-bond donors (Lipinski definition) is 3. The van der Waals surface area contributed by atoms with E-state index in [-0.39, 0.29) is 52.8 Å². The molecule has 2 fully saturated rings. The first kappa shape index (κ1) is 29.4. The van der Waals surface area contributed by atoms with Crippen molar-refractivity contribution in [2.45, 2.75) is 51.3 Å². The number of alkyl halides is 2. The molecule has 1 unspecified atom stereocenters. The molecule has 0 bridgehead atoms. The van der Waals surface area contributed by atoms with Crippen LogP contribution in [0.4, 0.5) is 17.6 Å². The first-order valence-electron chi connectivity index (χ1n) is 13.6. The highest BCUT2D eigenvalue weighted by molar-refractivity contribution is 5.94. The highest BCUT2D eigenvalue weighted by Crippen LogP contribution is 2.37. The van der Waals surface area contributed by atoms with Crippen molar-refractivity contribution in [2.75, 3.05) is 13.2 Å². The van der Waals surface area contributed by atoms with Gasteiger partial charge in [-0.15, -0.1) is 0 Å². The Bertz CT molecular complexity index is 1460. The van der Waals surface area contributed by atoms with E-state index in [4.69, 9.17) is 14.9 Å². The van der Waals surface area contributed by atoms with E-state index >= 15 is 0 Å². The summed E-state index contributed by atoms with van der Waals surface area (Å²) < 4.78 is 70.3. The van der Waals surface area contributed by atoms with E-state index in [9.17, 15) is 27.2 Å². The minimum atomic E-state index is -3.06. The van der Waals surface area contributed by atoms with E-state index in [1.165, 1.54) is 24.3 Å². The van der Waals surface area contributed by atoms with Crippen LogP contribution in [0.5, 0.6) is 11.5 Å². The molecular weight excluding hydrogens is 560 g/mol. The van der Waals surface area contributed by atoms with E-state index in [0.717, 1.165) is 31.7 Å². The van der Waals surface area contributed by atoms with E-state index in [1.807, 2.05) is 0 Å². The summed E-state index contributed by atoms with van der Waals surface area (Å²) >= 11 is 0. The van der Waals surface area contributed by atoms with Gasteiger partial charge in [-0.25, -0.2) is 13.8 Å². The zero-order valence-corrected chi connectivity index (χ0v) is 22.7. The normalized spacial score (nSPS) is 16.2. The summed E-state index contributed by atoms with van der Waals surface area (Å²) in [5, 5.41) is 5.34. The van der Waals surface area contributed by atoms with Gasteiger partial charge in [0, 0.05) is 29.7 Å². The number of benzene rings is 2. The maximum absolute atomic E-state index is 14.7. The molecule has 1 heterocycles. The van der Waals surface area contributed by atoms with Crippen LogP contribution >= 0.6 is 0 Å². The second-order valence-corrected chi connectivity index (χ2v) is 10.5. The molecule has 2 aromatic carbocycles. The van der Waals surface area contributed by atoms with E-state index < -0.39 is 36.2 Å². The number of nitrogens with zero attached hydrogens (tertiary/aromatic N) is 1. The highest BCUT2D eigenvalue weighted by atomic mass is 19.3. The van der Waals surface area contributed by atoms with Crippen LogP contribution in [0, 0.1) is 23.5 Å². The van der Waals surface area contributed by atoms with Crippen molar-refractivity contribution in [1.29, 1.82) is 0 Å². The average Bonchev–Trinajstić information content (AvgIpc) is 3.88. The molecule has 13 heteroatoms. The molecule has 2 aliphatic rings. The molecule has 2 aliphatic carbocycles. The Morgan fingerprint density at radius 1 is 1.10 bits per heavy atom. The van der Waals surface area contributed by atoms with Crippen LogP contribution in [0.1, 0.15) is 66.5 Å². The fourth-order valence-electron chi connectivity index (χ4n) is 4.31. The molecule has 2 amide bonds. The van der Waals surface area contributed by atoms with Crippen molar-refractivity contribution in [1.82, 2.24) is 15.6 Å². The van der Waals surface area contributed by atoms with Crippen molar-refractivity contribution < 1.29 is 41.0 Å². The minimum Gasteiger partial charge on any atom is -0.489 e. The van der Waals surface area contributed by atoms with Gasteiger partial charge in [-0.2, -0.15) is 8.78 Å². The number of aromatic nitrogens is 1. The Kier molecular flexibility index (Phi) is 8.66. The molecule has 224 valence electrons. The number of oxazole rings is 1. The molecule has 0 radical (unpaired) electrons. The second-order valence-electron chi connectivity index (χ2n) is 10.5. The third kappa shape index (κ3) is 7.19. The summed E-state index contributed by atoms with van der Waals surface area (Å²) in [6.45, 7) is -1.33. The number of amides is 2. The largest absolute Gasteiger partial charge is 0.489 e. The van der Waals surface area contributed by atoms with Gasteiger partial charge in [0.25, 0.3) is 5.91 Å². The monoisotopic (exact) mass is 590 g/mol. The minimum absolute atomic E-state index is 0.0104. The third-order valence-electron chi connectivity index (χ3n) is 6.93. The molecule has 5 rings (SSSR count). The average molecular weight is 591 g/mol. The molecule has 1 aromatic heterocycles. The van der Waals surface area contributed by atoms with Gasteiger partial charge in [-0.05, 0) is 62.8 Å². The Hall–Kier alpha value is -4.13. The van der Waals surface area contributed by atoms with Gasteiger partial charge < -0.3 is 30.3 Å². The third-order valence-corrected chi connectivity index (χ3v) is 6.93. The lowest BCUT2D eigenvalue weighted by atomic mass is 10.0. The lowest BCUT2D eigenvalue weighted by Crippen LogP contribution is -2.39. The van der Waals surface area contributed by atoms with Gasteiger partial charge in [0.2, 0.25) is 11.8 Å². The van der Waals surface area contributed by atoms with Gasteiger partial charge in [0.15, 0.2) is 23.0 Å². The number of ether oxygens (including phenoxy) is 2. The highest BCUT2D eigenvalue weighted by Gasteiger charge is 2.32. The van der Waals surface area contributed by atoms with Crippen LogP contribution in [0.3, 0.4) is 0 Å². The number of nitrogens with one attached hydrogen (secondary N) is 2. The summed E-state index contributed by atoms with van der Waals surface area (Å²) in [6, 6.07) is 5.17. The zero-order valence-electron chi connectivity index (χ0n) is 22.7. The van der Waals surface area contributed by atoms with Crippen molar-refractivity contribution in [3.8, 4) is 23.0 Å². The van der Waals surface area contributed by atoms with Crippen molar-refractivity contribution in [3.63, 3.8) is 0 Å². The van der Waals surface area contributed by atoms with Gasteiger partial charge in [-0.1, -0.05) is 6.07 Å². The number of rotatable bonds is 13. The number of nitrogens with two attached hydrogens (primary N) is 1. The number of carbonyl (C=O) groups is 2. The fourth-order valence-corrected chi connectivity index (χ4v) is 4.31. The standard InChI is InChI=1S/C29H30F4N4O5/c1-14(34)25-24(27(39)36-21(12-35-26(38)16-4-5-16)19-8-7-18(30)11-20(19)31)37-28(42-25)17-6-9-22(41-29(32)33)23(10-17)40-13-15-2-3-15/h6-11,14-16,21,29H,2-5,12-13,34H2,1H3,(H,35,38)(H,36,39)/t14-,21?/m0/s1. The molecular formula is C29H30F4N4O5. The summed E-state index contributed by atoms with van der Waals surface area (Å²) in [6.07, 6.45) is 3.45. The van der Waals surface area contributed by atoms with E-state index in [1.54, 1.807) is 6.92 Å².